The minimum Gasteiger partial charge on any atom is -0.756 e. The van der Waals surface area contributed by atoms with Gasteiger partial charge in [0.05, 0.1) is 27.7 Å². The monoisotopic (exact) mass is 591 g/mol. The summed E-state index contributed by atoms with van der Waals surface area (Å²) >= 11 is 7.71. The number of quaternary nitrogens is 1. The lowest BCUT2D eigenvalue weighted by Gasteiger charge is -2.27. The molecule has 8 heteroatoms. The summed E-state index contributed by atoms with van der Waals surface area (Å²) in [5, 5.41) is 0. The van der Waals surface area contributed by atoms with Crippen LogP contribution in [0.5, 0.6) is 0 Å². The molecular formula is C23H48Br2NO4P. The predicted molar refractivity (Wildman–Crippen MR) is 138 cm³/mol. The van der Waals surface area contributed by atoms with Crippen LogP contribution in [-0.4, -0.2) is 55.0 Å². The Hall–Kier alpha value is 1.03. The van der Waals surface area contributed by atoms with E-state index < -0.39 is 7.82 Å². The van der Waals surface area contributed by atoms with Crippen LogP contribution >= 0.6 is 39.7 Å². The first-order valence-electron chi connectivity index (χ1n) is 12.3. The number of nitrogens with zero attached hydrogens (tertiary/aromatic N) is 1. The number of alkyl halides is 2. The molecule has 0 N–H and O–H groups in total. The summed E-state index contributed by atoms with van der Waals surface area (Å²) in [7, 11) is 1.83. The molecule has 188 valence electrons. The molecule has 0 aromatic rings. The van der Waals surface area contributed by atoms with Gasteiger partial charge in [-0.05, 0) is 19.3 Å². The molecule has 0 heterocycles. The summed E-state index contributed by atoms with van der Waals surface area (Å²) < 4.78 is 22.2. The molecule has 0 saturated carbocycles. The van der Waals surface area contributed by atoms with Crippen LogP contribution < -0.4 is 4.89 Å². The number of hydrogen-bond acceptors (Lipinski definition) is 4. The molecule has 0 aromatic carbocycles. The second-order valence-electron chi connectivity index (χ2n) is 9.63. The van der Waals surface area contributed by atoms with Gasteiger partial charge in [-0.25, -0.2) is 0 Å². The first-order chi connectivity index (χ1) is 14.6. The molecule has 0 saturated heterocycles. The van der Waals surface area contributed by atoms with Crippen molar-refractivity contribution in [2.45, 2.75) is 106 Å². The van der Waals surface area contributed by atoms with E-state index in [1.165, 1.54) is 70.6 Å². The van der Waals surface area contributed by atoms with Crippen LogP contribution in [-0.2, 0) is 13.6 Å². The Labute approximate surface area is 209 Å². The molecular weight excluding hydrogens is 545 g/mol. The lowest BCUT2D eigenvalue weighted by atomic mass is 10.0. The fraction of sp³-hybridized carbons (Fsp3) is 1.00. The molecule has 0 spiro atoms. The van der Waals surface area contributed by atoms with E-state index in [4.69, 9.17) is 9.05 Å². The van der Waals surface area contributed by atoms with E-state index in [0.29, 0.717) is 20.7 Å². The van der Waals surface area contributed by atoms with Crippen LogP contribution in [0.4, 0.5) is 0 Å². The van der Waals surface area contributed by atoms with Gasteiger partial charge in [0, 0.05) is 9.65 Å². The van der Waals surface area contributed by atoms with Gasteiger partial charge in [-0.3, -0.25) is 4.57 Å². The molecule has 0 fully saturated rings. The maximum atomic E-state index is 11.7. The number of likely N-dealkylation sites (N-methyl/N-ethyl adjacent to an activating group) is 1. The van der Waals surface area contributed by atoms with Gasteiger partial charge in [-0.2, -0.15) is 0 Å². The molecule has 0 aliphatic rings. The van der Waals surface area contributed by atoms with Gasteiger partial charge >= 0.3 is 0 Å². The zero-order valence-corrected chi connectivity index (χ0v) is 24.5. The highest BCUT2D eigenvalue weighted by atomic mass is 79.9. The van der Waals surface area contributed by atoms with E-state index in [-0.39, 0.29) is 13.2 Å². The quantitative estimate of drug-likeness (QED) is 0.0577. The summed E-state index contributed by atoms with van der Waals surface area (Å²) in [6, 6.07) is 0. The van der Waals surface area contributed by atoms with Gasteiger partial charge in [0.2, 0.25) is 0 Å². The van der Waals surface area contributed by atoms with Crippen molar-refractivity contribution < 1.29 is 23.0 Å². The number of rotatable bonds is 22. The van der Waals surface area contributed by atoms with E-state index in [1.807, 2.05) is 21.1 Å². The topological polar surface area (TPSA) is 58.6 Å². The van der Waals surface area contributed by atoms with E-state index in [9.17, 15) is 9.46 Å². The number of phosphoric acid groups is 1. The lowest BCUT2D eigenvalue weighted by molar-refractivity contribution is -0.870. The molecule has 3 atom stereocenters. The molecule has 31 heavy (non-hydrogen) atoms. The first kappa shape index (κ1) is 32.0. The molecule has 0 bridgehead atoms. The van der Waals surface area contributed by atoms with Gasteiger partial charge in [0.1, 0.15) is 13.2 Å². The van der Waals surface area contributed by atoms with Gasteiger partial charge in [-0.1, -0.05) is 109 Å². The average molecular weight is 593 g/mol. The molecule has 0 aromatic heterocycles. The van der Waals surface area contributed by atoms with E-state index >= 15 is 0 Å². The summed E-state index contributed by atoms with van der Waals surface area (Å²) in [4.78, 5) is 12.8. The minimum atomic E-state index is -4.15. The van der Waals surface area contributed by atoms with Crippen molar-refractivity contribution in [3.8, 4) is 0 Å². The van der Waals surface area contributed by atoms with Gasteiger partial charge < -0.3 is 18.4 Å². The third-order valence-corrected chi connectivity index (χ3v) is 9.26. The Morgan fingerprint density at radius 2 is 1.16 bits per heavy atom. The van der Waals surface area contributed by atoms with Crippen LogP contribution in [0.3, 0.4) is 0 Å². The second kappa shape index (κ2) is 19.3. The fourth-order valence-corrected chi connectivity index (χ4v) is 5.18. The van der Waals surface area contributed by atoms with Crippen molar-refractivity contribution in [2.75, 3.05) is 40.9 Å². The first-order valence-corrected chi connectivity index (χ1v) is 15.6. The molecule has 0 aliphatic heterocycles. The van der Waals surface area contributed by atoms with Crippen LogP contribution in [0, 0.1) is 0 Å². The smallest absolute Gasteiger partial charge is 0.268 e. The maximum Gasteiger partial charge on any atom is 0.268 e. The molecule has 0 amide bonds. The van der Waals surface area contributed by atoms with Gasteiger partial charge in [0.15, 0.2) is 0 Å². The molecule has 0 rings (SSSR count). The van der Waals surface area contributed by atoms with Crippen LogP contribution in [0.2, 0.25) is 0 Å². The summed E-state index contributed by atoms with van der Waals surface area (Å²) in [6.45, 7) is 3.27. The van der Waals surface area contributed by atoms with Crippen LogP contribution in [0.25, 0.3) is 0 Å². The van der Waals surface area contributed by atoms with Crippen LogP contribution in [0.1, 0.15) is 96.8 Å². The van der Waals surface area contributed by atoms with Gasteiger partial charge in [0.25, 0.3) is 7.82 Å². The highest BCUT2D eigenvalue weighted by molar-refractivity contribution is 9.12. The average Bonchev–Trinajstić information content (AvgIpc) is 2.67. The second-order valence-corrected chi connectivity index (χ2v) is 13.4. The van der Waals surface area contributed by atoms with Gasteiger partial charge in [-0.15, -0.1) is 0 Å². The van der Waals surface area contributed by atoms with E-state index in [0.717, 1.165) is 19.3 Å². The van der Waals surface area contributed by atoms with Crippen molar-refractivity contribution in [3.05, 3.63) is 0 Å². The third-order valence-electron chi connectivity index (χ3n) is 5.36. The summed E-state index contributed by atoms with van der Waals surface area (Å²) in [5.41, 5.74) is 0. The third kappa shape index (κ3) is 22.6. The zero-order valence-electron chi connectivity index (χ0n) is 20.5. The number of phosphoric ester groups is 1. The highest BCUT2D eigenvalue weighted by Gasteiger charge is 2.15. The molecule has 3 unspecified atom stereocenters. The van der Waals surface area contributed by atoms with Crippen molar-refractivity contribution >= 4 is 39.7 Å². The van der Waals surface area contributed by atoms with Crippen molar-refractivity contribution in [3.63, 3.8) is 0 Å². The standard InChI is InChI=1S/C23H48Br2NO4P/c1-5-6-7-8-11-14-17-22(24)23(25)18-15-12-9-10-13-16-20-29-31(27,28)30-21-19-26(2,3)4/h22-23H,5-21H2,1-4H3. The van der Waals surface area contributed by atoms with Crippen molar-refractivity contribution in [1.82, 2.24) is 0 Å². The Balaban J connectivity index is 3.54. The minimum absolute atomic E-state index is 0.160. The Bertz CT molecular complexity index is 463. The number of halogens is 2. The Kier molecular flexibility index (Phi) is 20.0. The van der Waals surface area contributed by atoms with E-state index in [2.05, 4.69) is 38.8 Å². The molecule has 5 nitrogen and oxygen atoms in total. The molecule has 0 radical (unpaired) electrons. The fourth-order valence-electron chi connectivity index (χ4n) is 3.27. The molecule has 0 aliphatic carbocycles. The number of hydrogen-bond donors (Lipinski definition) is 0. The SMILES string of the molecule is CCCCCCCCC(Br)C(Br)CCCCCCCCOP(=O)([O-])OCC[N+](C)(C)C. The van der Waals surface area contributed by atoms with Crippen LogP contribution in [0.15, 0.2) is 0 Å². The van der Waals surface area contributed by atoms with Crippen molar-refractivity contribution in [1.29, 1.82) is 0 Å². The Morgan fingerprint density at radius 1 is 0.742 bits per heavy atom. The maximum absolute atomic E-state index is 11.7. The Morgan fingerprint density at radius 3 is 1.65 bits per heavy atom. The van der Waals surface area contributed by atoms with E-state index in [1.54, 1.807) is 0 Å². The predicted octanol–water partition coefficient (Wildman–Crippen LogP) is 7.20. The largest absolute Gasteiger partial charge is 0.756 e. The van der Waals surface area contributed by atoms with Crippen molar-refractivity contribution in [2.24, 2.45) is 0 Å². The number of unbranched alkanes of at least 4 members (excludes halogenated alkanes) is 10. The zero-order chi connectivity index (χ0) is 23.6. The lowest BCUT2D eigenvalue weighted by Crippen LogP contribution is -2.37. The summed E-state index contributed by atoms with van der Waals surface area (Å²) in [5.74, 6) is 0. The highest BCUT2D eigenvalue weighted by Crippen LogP contribution is 2.38. The normalized spacial score (nSPS) is 16.2. The summed E-state index contributed by atoms with van der Waals surface area (Å²) in [6.07, 6.45) is 17.1.